The Hall–Kier alpha value is -4.12. The van der Waals surface area contributed by atoms with Crippen LogP contribution < -0.4 is 20.3 Å². The number of fused-ring (bicyclic) bond motifs is 2. The molecule has 0 spiro atoms. The quantitative estimate of drug-likeness (QED) is 0.492. The number of aromatic nitrogens is 1. The lowest BCUT2D eigenvalue weighted by atomic mass is 10.1. The van der Waals surface area contributed by atoms with Crippen molar-refractivity contribution in [1.29, 1.82) is 0 Å². The van der Waals surface area contributed by atoms with E-state index in [1.807, 2.05) is 18.2 Å². The molecule has 1 saturated heterocycles. The molecule has 2 aromatic heterocycles. The molecule has 5 rings (SSSR count). The second-order valence-corrected chi connectivity index (χ2v) is 8.30. The lowest BCUT2D eigenvalue weighted by molar-refractivity contribution is -0.108. The molecule has 35 heavy (non-hydrogen) atoms. The van der Waals surface area contributed by atoms with Crippen LogP contribution in [-0.2, 0) is 16.1 Å². The molecule has 1 aromatic carbocycles. The van der Waals surface area contributed by atoms with Gasteiger partial charge >= 0.3 is 6.03 Å². The van der Waals surface area contributed by atoms with E-state index in [1.54, 1.807) is 30.2 Å². The number of ether oxygens (including phenoxy) is 2. The van der Waals surface area contributed by atoms with Gasteiger partial charge in [0.15, 0.2) is 5.58 Å². The number of nitrogens with zero attached hydrogens (tertiary/aromatic N) is 3. The van der Waals surface area contributed by atoms with Crippen molar-refractivity contribution in [2.24, 2.45) is 0 Å². The standard InChI is InChI=1S/C24H25N5O6/c1-33-16-3-2-15-12-29(23(31)17(15)10-16)13-19(27-24(32)25-14-30)21-11-18-20(35-21)4-5-22(26-18)28-6-8-34-9-7-28/h2-5,10-11,14,19H,6-9,12-13H2,1H3,(H2,25,27,30,32)/t19-/m0/s1. The number of pyridine rings is 1. The maximum absolute atomic E-state index is 13.1. The summed E-state index contributed by atoms with van der Waals surface area (Å²) in [5, 5.41) is 4.80. The van der Waals surface area contributed by atoms with E-state index in [9.17, 15) is 14.4 Å². The van der Waals surface area contributed by atoms with Crippen molar-refractivity contribution < 1.29 is 28.3 Å². The van der Waals surface area contributed by atoms with Crippen molar-refractivity contribution in [2.75, 3.05) is 44.9 Å². The summed E-state index contributed by atoms with van der Waals surface area (Å²) in [4.78, 5) is 44.5. The second kappa shape index (κ2) is 9.63. The number of furan rings is 1. The minimum Gasteiger partial charge on any atom is -0.497 e. The highest BCUT2D eigenvalue weighted by molar-refractivity contribution is 5.98. The largest absolute Gasteiger partial charge is 0.497 e. The average molecular weight is 479 g/mol. The topological polar surface area (TPSA) is 126 Å². The number of anilines is 1. The number of hydrogen-bond donors (Lipinski definition) is 2. The van der Waals surface area contributed by atoms with E-state index in [0.29, 0.717) is 54.3 Å². The van der Waals surface area contributed by atoms with Crippen molar-refractivity contribution in [3.05, 3.63) is 53.3 Å². The van der Waals surface area contributed by atoms with E-state index < -0.39 is 12.1 Å². The van der Waals surface area contributed by atoms with Crippen LogP contribution in [0.15, 0.2) is 40.8 Å². The Balaban J connectivity index is 1.41. The van der Waals surface area contributed by atoms with E-state index >= 15 is 0 Å². The Labute approximate surface area is 201 Å². The summed E-state index contributed by atoms with van der Waals surface area (Å²) in [6.45, 7) is 3.31. The summed E-state index contributed by atoms with van der Waals surface area (Å²) in [7, 11) is 1.55. The van der Waals surface area contributed by atoms with Crippen LogP contribution in [0, 0.1) is 0 Å². The number of imide groups is 1. The van der Waals surface area contributed by atoms with Crippen molar-refractivity contribution in [2.45, 2.75) is 12.6 Å². The van der Waals surface area contributed by atoms with Crippen molar-refractivity contribution in [3.8, 4) is 5.75 Å². The highest BCUT2D eigenvalue weighted by Gasteiger charge is 2.32. The maximum Gasteiger partial charge on any atom is 0.321 e. The van der Waals surface area contributed by atoms with Crippen LogP contribution in [-0.4, -0.2) is 68.2 Å². The zero-order valence-corrected chi connectivity index (χ0v) is 19.2. The number of urea groups is 1. The molecule has 0 unspecified atom stereocenters. The summed E-state index contributed by atoms with van der Waals surface area (Å²) >= 11 is 0. The van der Waals surface area contributed by atoms with Crippen LogP contribution in [0.1, 0.15) is 27.7 Å². The minimum atomic E-state index is -0.712. The lowest BCUT2D eigenvalue weighted by Crippen LogP contribution is -2.42. The van der Waals surface area contributed by atoms with Crippen LogP contribution in [0.5, 0.6) is 5.75 Å². The predicted molar refractivity (Wildman–Crippen MR) is 125 cm³/mol. The van der Waals surface area contributed by atoms with Gasteiger partial charge in [0.1, 0.15) is 28.9 Å². The Morgan fingerprint density at radius 2 is 2.06 bits per heavy atom. The van der Waals surface area contributed by atoms with Gasteiger partial charge in [-0.1, -0.05) is 6.07 Å². The van der Waals surface area contributed by atoms with Gasteiger partial charge in [-0.2, -0.15) is 0 Å². The fraction of sp³-hybridized carbons (Fsp3) is 0.333. The molecule has 2 aliphatic rings. The Kier molecular flexibility index (Phi) is 6.23. The van der Waals surface area contributed by atoms with Crippen molar-refractivity contribution >= 4 is 35.3 Å². The van der Waals surface area contributed by atoms with Gasteiger partial charge in [0.2, 0.25) is 6.41 Å². The SMILES string of the molecule is COc1ccc2c(c1)C(=O)N(C[C@H](NC(=O)NC=O)c1cc3nc(N4CCOCC4)ccc3o1)C2. The van der Waals surface area contributed by atoms with Gasteiger partial charge in [-0.15, -0.1) is 0 Å². The molecule has 4 heterocycles. The number of hydrogen-bond acceptors (Lipinski definition) is 8. The van der Waals surface area contributed by atoms with Gasteiger partial charge in [-0.25, -0.2) is 9.78 Å². The van der Waals surface area contributed by atoms with Gasteiger partial charge in [-0.05, 0) is 29.8 Å². The molecule has 2 aliphatic heterocycles. The average Bonchev–Trinajstić information content (AvgIpc) is 3.44. The first-order valence-corrected chi connectivity index (χ1v) is 11.3. The number of amides is 4. The molecule has 182 valence electrons. The molecule has 11 nitrogen and oxygen atoms in total. The zero-order chi connectivity index (χ0) is 24.4. The third kappa shape index (κ3) is 4.62. The zero-order valence-electron chi connectivity index (χ0n) is 19.2. The number of methoxy groups -OCH3 is 1. The monoisotopic (exact) mass is 479 g/mol. The van der Waals surface area contributed by atoms with Crippen molar-refractivity contribution in [3.63, 3.8) is 0 Å². The molecular weight excluding hydrogens is 454 g/mol. The molecule has 4 amide bonds. The number of carbonyl (C=O) groups excluding carboxylic acids is 3. The maximum atomic E-state index is 13.1. The van der Waals surface area contributed by atoms with E-state index in [-0.39, 0.29) is 12.5 Å². The summed E-state index contributed by atoms with van der Waals surface area (Å²) in [6, 6.07) is 9.43. The number of nitrogens with one attached hydrogen (secondary N) is 2. The van der Waals surface area contributed by atoms with E-state index in [2.05, 4.69) is 15.5 Å². The molecule has 2 N–H and O–H groups in total. The van der Waals surface area contributed by atoms with Crippen LogP contribution in [0.25, 0.3) is 11.1 Å². The highest BCUT2D eigenvalue weighted by Crippen LogP contribution is 2.30. The first kappa shape index (κ1) is 22.7. The third-order valence-electron chi connectivity index (χ3n) is 6.15. The molecule has 0 aliphatic carbocycles. The van der Waals surface area contributed by atoms with Crippen LogP contribution >= 0.6 is 0 Å². The van der Waals surface area contributed by atoms with Crippen LogP contribution in [0.2, 0.25) is 0 Å². The second-order valence-electron chi connectivity index (χ2n) is 8.30. The van der Waals surface area contributed by atoms with Gasteiger partial charge in [0.25, 0.3) is 5.91 Å². The van der Waals surface area contributed by atoms with Crippen LogP contribution in [0.4, 0.5) is 10.6 Å². The molecule has 11 heteroatoms. The molecule has 1 fully saturated rings. The first-order chi connectivity index (χ1) is 17.1. The Bertz CT molecular complexity index is 1270. The summed E-state index contributed by atoms with van der Waals surface area (Å²) in [5.41, 5.74) is 2.61. The lowest BCUT2D eigenvalue weighted by Gasteiger charge is -2.27. The summed E-state index contributed by atoms with van der Waals surface area (Å²) in [6.07, 6.45) is 0.296. The van der Waals surface area contributed by atoms with Gasteiger partial charge in [0, 0.05) is 37.8 Å². The van der Waals surface area contributed by atoms with Crippen LogP contribution in [0.3, 0.4) is 0 Å². The number of carbonyl (C=O) groups is 3. The minimum absolute atomic E-state index is 0.137. The smallest absolute Gasteiger partial charge is 0.321 e. The van der Waals surface area contributed by atoms with Gasteiger partial charge < -0.3 is 29.0 Å². The first-order valence-electron chi connectivity index (χ1n) is 11.3. The fourth-order valence-corrected chi connectivity index (χ4v) is 4.37. The summed E-state index contributed by atoms with van der Waals surface area (Å²) in [5.74, 6) is 1.66. The number of rotatable bonds is 7. The molecular formula is C24H25N5O6. The highest BCUT2D eigenvalue weighted by atomic mass is 16.5. The predicted octanol–water partition coefficient (Wildman–Crippen LogP) is 1.83. The molecule has 1 atom stereocenters. The Morgan fingerprint density at radius 1 is 1.23 bits per heavy atom. The molecule has 3 aromatic rings. The summed E-state index contributed by atoms with van der Waals surface area (Å²) < 4.78 is 16.7. The normalized spacial score (nSPS) is 16.2. The van der Waals surface area contributed by atoms with Gasteiger partial charge in [-0.3, -0.25) is 14.9 Å². The van der Waals surface area contributed by atoms with Crippen molar-refractivity contribution in [1.82, 2.24) is 20.5 Å². The molecule has 0 bridgehead atoms. The molecule has 0 saturated carbocycles. The number of morpholine rings is 1. The van der Waals surface area contributed by atoms with E-state index in [1.165, 1.54) is 0 Å². The van der Waals surface area contributed by atoms with E-state index in [4.69, 9.17) is 18.9 Å². The molecule has 0 radical (unpaired) electrons. The number of benzene rings is 1. The van der Waals surface area contributed by atoms with Gasteiger partial charge in [0.05, 0.1) is 20.3 Å². The third-order valence-corrected chi connectivity index (χ3v) is 6.15. The fourth-order valence-electron chi connectivity index (χ4n) is 4.37. The Morgan fingerprint density at radius 3 is 2.83 bits per heavy atom. The van der Waals surface area contributed by atoms with E-state index in [0.717, 1.165) is 24.5 Å².